The van der Waals surface area contributed by atoms with E-state index in [1.165, 1.54) is 0 Å². The van der Waals surface area contributed by atoms with Crippen LogP contribution in [-0.4, -0.2) is 22.3 Å². The Balaban J connectivity index is 3.00. The SMILES string of the molecule is CCC(=O)[SiH2]OC. The van der Waals surface area contributed by atoms with Gasteiger partial charge in [0.2, 0.25) is 9.76 Å². The summed E-state index contributed by atoms with van der Waals surface area (Å²) in [7, 11) is 0.790. The predicted molar refractivity (Wildman–Crippen MR) is 30.9 cm³/mol. The maximum atomic E-state index is 10.3. The first-order valence-corrected chi connectivity index (χ1v) is 3.60. The fourth-order valence-corrected chi connectivity index (χ4v) is 0.789. The minimum absolute atomic E-state index is 0.294. The Morgan fingerprint density at radius 3 is 2.57 bits per heavy atom. The first-order chi connectivity index (χ1) is 3.31. The van der Waals surface area contributed by atoms with Crippen molar-refractivity contribution in [3.05, 3.63) is 0 Å². The summed E-state index contributed by atoms with van der Waals surface area (Å²) in [5, 5.41) is 0.294. The van der Waals surface area contributed by atoms with Crippen LogP contribution in [0.1, 0.15) is 13.3 Å². The topological polar surface area (TPSA) is 26.3 Å². The maximum Gasteiger partial charge on any atom is 0.233 e. The zero-order chi connectivity index (χ0) is 5.70. The Hall–Kier alpha value is -0.153. The van der Waals surface area contributed by atoms with E-state index in [1.807, 2.05) is 6.92 Å². The molecule has 0 aromatic rings. The highest BCUT2D eigenvalue weighted by molar-refractivity contribution is 6.68. The van der Waals surface area contributed by atoms with Gasteiger partial charge in [0.05, 0.1) is 0 Å². The monoisotopic (exact) mass is 118 g/mol. The quantitative estimate of drug-likeness (QED) is 0.474. The number of hydrogen-bond donors (Lipinski definition) is 0. The Morgan fingerprint density at radius 1 is 1.86 bits per heavy atom. The van der Waals surface area contributed by atoms with Crippen molar-refractivity contribution in [3.8, 4) is 0 Å². The van der Waals surface area contributed by atoms with Gasteiger partial charge in [-0.1, -0.05) is 6.92 Å². The molecule has 0 saturated heterocycles. The first-order valence-electron chi connectivity index (χ1n) is 2.32. The van der Waals surface area contributed by atoms with Crippen LogP contribution in [0.2, 0.25) is 0 Å². The lowest BCUT2D eigenvalue weighted by Gasteiger charge is -1.88. The van der Waals surface area contributed by atoms with Crippen molar-refractivity contribution >= 4 is 15.2 Å². The standard InChI is InChI=1S/C4H10O2Si/c1-3-4(5)7-6-2/h3,7H2,1-2H3. The van der Waals surface area contributed by atoms with Crippen molar-refractivity contribution in [1.29, 1.82) is 0 Å². The van der Waals surface area contributed by atoms with Gasteiger partial charge in [0.15, 0.2) is 0 Å². The molecule has 0 heterocycles. The smallest absolute Gasteiger partial charge is 0.233 e. The van der Waals surface area contributed by atoms with E-state index in [0.29, 0.717) is 11.8 Å². The van der Waals surface area contributed by atoms with Gasteiger partial charge in [-0.2, -0.15) is 0 Å². The van der Waals surface area contributed by atoms with Crippen molar-refractivity contribution in [2.24, 2.45) is 0 Å². The molecule has 0 N–H and O–H groups in total. The molecule has 2 nitrogen and oxygen atoms in total. The molecule has 0 aromatic carbocycles. The molecule has 3 heteroatoms. The summed E-state index contributed by atoms with van der Waals surface area (Å²) in [5.41, 5.74) is 0. The van der Waals surface area contributed by atoms with Crippen LogP contribution in [0, 0.1) is 0 Å². The van der Waals surface area contributed by atoms with E-state index >= 15 is 0 Å². The second kappa shape index (κ2) is 4.02. The zero-order valence-electron chi connectivity index (χ0n) is 4.73. The lowest BCUT2D eigenvalue weighted by Crippen LogP contribution is -2.08. The Bertz CT molecular complexity index is 62.7. The van der Waals surface area contributed by atoms with Crippen LogP contribution in [-0.2, 0) is 9.22 Å². The minimum Gasteiger partial charge on any atom is -0.418 e. The fourth-order valence-electron chi connectivity index (χ4n) is 0.263. The van der Waals surface area contributed by atoms with Gasteiger partial charge < -0.3 is 9.22 Å². The van der Waals surface area contributed by atoms with Crippen molar-refractivity contribution < 1.29 is 9.22 Å². The van der Waals surface area contributed by atoms with E-state index in [9.17, 15) is 4.79 Å². The summed E-state index contributed by atoms with van der Waals surface area (Å²) in [5.74, 6) is 0. The lowest BCUT2D eigenvalue weighted by molar-refractivity contribution is -0.112. The van der Waals surface area contributed by atoms with E-state index in [-0.39, 0.29) is 0 Å². The van der Waals surface area contributed by atoms with Crippen LogP contribution in [0.3, 0.4) is 0 Å². The molecule has 0 bridgehead atoms. The Kier molecular flexibility index (Phi) is 3.93. The van der Waals surface area contributed by atoms with Gasteiger partial charge in [0.25, 0.3) is 0 Å². The van der Waals surface area contributed by atoms with Crippen molar-refractivity contribution in [2.75, 3.05) is 7.11 Å². The minimum atomic E-state index is -0.793. The van der Waals surface area contributed by atoms with Crippen molar-refractivity contribution in [1.82, 2.24) is 0 Å². The molecule has 0 aliphatic carbocycles. The summed E-state index contributed by atoms with van der Waals surface area (Å²) >= 11 is 0. The molecule has 0 aliphatic heterocycles. The molecule has 7 heavy (non-hydrogen) atoms. The first kappa shape index (κ1) is 6.85. The van der Waals surface area contributed by atoms with Gasteiger partial charge in [-0.05, 0) is 0 Å². The van der Waals surface area contributed by atoms with Crippen molar-refractivity contribution in [2.45, 2.75) is 13.3 Å². The van der Waals surface area contributed by atoms with Gasteiger partial charge in [-0.25, -0.2) is 0 Å². The summed E-state index contributed by atoms with van der Waals surface area (Å²) in [6.45, 7) is 1.86. The van der Waals surface area contributed by atoms with Crippen LogP contribution in [0.25, 0.3) is 0 Å². The second-order valence-corrected chi connectivity index (χ2v) is 2.98. The highest BCUT2D eigenvalue weighted by Crippen LogP contribution is 1.75. The van der Waals surface area contributed by atoms with Gasteiger partial charge >= 0.3 is 0 Å². The predicted octanol–water partition coefficient (Wildman–Crippen LogP) is -0.347. The van der Waals surface area contributed by atoms with Crippen LogP contribution in [0.5, 0.6) is 0 Å². The molecule has 0 aliphatic rings. The van der Waals surface area contributed by atoms with Gasteiger partial charge in [-0.3, -0.25) is 0 Å². The number of carbonyl (C=O) groups excluding carboxylic acids is 1. The molecule has 0 radical (unpaired) electrons. The molecule has 0 rings (SSSR count). The molecule has 0 unspecified atom stereocenters. The Labute approximate surface area is 45.8 Å². The number of carbonyl (C=O) groups is 1. The third-order valence-corrected chi connectivity index (χ3v) is 1.81. The average molecular weight is 118 g/mol. The molecule has 42 valence electrons. The molecule has 0 atom stereocenters. The van der Waals surface area contributed by atoms with E-state index in [0.717, 1.165) is 0 Å². The summed E-state index contributed by atoms with van der Waals surface area (Å²) in [4.78, 5) is 10.3. The van der Waals surface area contributed by atoms with Crippen LogP contribution in [0.15, 0.2) is 0 Å². The summed E-state index contributed by atoms with van der Waals surface area (Å²) < 4.78 is 4.68. The highest BCUT2D eigenvalue weighted by atomic mass is 28.2. The number of hydrogen-bond acceptors (Lipinski definition) is 2. The second-order valence-electron chi connectivity index (χ2n) is 1.33. The highest BCUT2D eigenvalue weighted by Gasteiger charge is 1.93. The van der Waals surface area contributed by atoms with Crippen LogP contribution >= 0.6 is 0 Å². The van der Waals surface area contributed by atoms with Gasteiger partial charge in [0, 0.05) is 13.5 Å². The molecule has 0 saturated carbocycles. The molecular formula is C4H10O2Si. The van der Waals surface area contributed by atoms with E-state index < -0.39 is 9.76 Å². The molecule has 0 spiro atoms. The fraction of sp³-hybridized carbons (Fsp3) is 0.750. The molecular weight excluding hydrogens is 108 g/mol. The summed E-state index contributed by atoms with van der Waals surface area (Å²) in [6.07, 6.45) is 0.639. The third-order valence-electron chi connectivity index (χ3n) is 0.700. The van der Waals surface area contributed by atoms with E-state index in [1.54, 1.807) is 7.11 Å². The lowest BCUT2D eigenvalue weighted by atomic mass is 10.6. The molecule has 0 aromatic heterocycles. The van der Waals surface area contributed by atoms with Gasteiger partial charge in [0.1, 0.15) is 5.41 Å². The van der Waals surface area contributed by atoms with Crippen LogP contribution in [0.4, 0.5) is 0 Å². The van der Waals surface area contributed by atoms with Crippen LogP contribution < -0.4 is 0 Å². The molecule has 0 amide bonds. The normalized spacial score (nSPS) is 10.6. The van der Waals surface area contributed by atoms with E-state index in [4.69, 9.17) is 0 Å². The van der Waals surface area contributed by atoms with E-state index in [2.05, 4.69) is 4.43 Å². The van der Waals surface area contributed by atoms with Crippen molar-refractivity contribution in [3.63, 3.8) is 0 Å². The third kappa shape index (κ3) is 3.68. The molecule has 0 fully saturated rings. The maximum absolute atomic E-state index is 10.3. The van der Waals surface area contributed by atoms with Gasteiger partial charge in [-0.15, -0.1) is 0 Å². The Morgan fingerprint density at radius 2 is 2.43 bits per heavy atom. The number of rotatable bonds is 3. The average Bonchev–Trinajstić information content (AvgIpc) is 1.68. The summed E-state index contributed by atoms with van der Waals surface area (Å²) in [6, 6.07) is 0. The zero-order valence-corrected chi connectivity index (χ0v) is 6.14. The largest absolute Gasteiger partial charge is 0.418 e.